The lowest BCUT2D eigenvalue weighted by Crippen LogP contribution is -2.57. The summed E-state index contributed by atoms with van der Waals surface area (Å²) >= 11 is 0. The summed E-state index contributed by atoms with van der Waals surface area (Å²) in [5.41, 5.74) is 2.28. The van der Waals surface area contributed by atoms with Crippen molar-refractivity contribution in [1.82, 2.24) is 24.8 Å². The van der Waals surface area contributed by atoms with E-state index in [0.717, 1.165) is 62.7 Å². The van der Waals surface area contributed by atoms with E-state index in [1.165, 1.54) is 0 Å². The van der Waals surface area contributed by atoms with Crippen molar-refractivity contribution < 1.29 is 18.7 Å². The van der Waals surface area contributed by atoms with Crippen molar-refractivity contribution >= 4 is 22.8 Å². The summed E-state index contributed by atoms with van der Waals surface area (Å²) < 4.78 is 28.9. The number of piperazine rings is 1. The number of pyridine rings is 1. The molecule has 2 bridgehead atoms. The van der Waals surface area contributed by atoms with Gasteiger partial charge in [-0.3, -0.25) is 14.8 Å². The van der Waals surface area contributed by atoms with Crippen molar-refractivity contribution in [1.29, 1.82) is 0 Å². The molecular weight excluding hydrogens is 583 g/mol. The maximum atomic E-state index is 16.7. The first-order chi connectivity index (χ1) is 22.0. The van der Waals surface area contributed by atoms with Gasteiger partial charge in [0.2, 0.25) is 0 Å². The molecule has 4 fully saturated rings. The van der Waals surface area contributed by atoms with Gasteiger partial charge >= 0.3 is 12.1 Å². The van der Waals surface area contributed by atoms with Crippen molar-refractivity contribution in [3.8, 4) is 29.6 Å². The standard InChI is InChI=1S/C36H43FN6O3/c1-6-9-24-11-10-23(2)18-27(24)30-29(37)31-28(19-38-30)32(40-33(39-31)45-22-36-14-7-16-42(36)17-8-15-36)41-20-25-12-13-26(21-41)43(25)34(44)46-35(3,4)5/h1,10-11,18-19,25-26H,7-9,12-17,20-22H2,2-5H3. The van der Waals surface area contributed by atoms with E-state index in [1.54, 1.807) is 6.20 Å². The van der Waals surface area contributed by atoms with Gasteiger partial charge in [-0.25, -0.2) is 9.18 Å². The second-order valence-corrected chi connectivity index (χ2v) is 14.4. The number of rotatable bonds is 6. The zero-order valence-corrected chi connectivity index (χ0v) is 27.3. The number of benzene rings is 1. The molecule has 3 aromatic rings. The summed E-state index contributed by atoms with van der Waals surface area (Å²) in [5, 5.41) is 0.520. The Morgan fingerprint density at radius 1 is 1.13 bits per heavy atom. The molecule has 0 N–H and O–H groups in total. The zero-order chi connectivity index (χ0) is 32.2. The Labute approximate surface area is 270 Å². The number of terminal acetylenes is 1. The Balaban J connectivity index is 1.28. The van der Waals surface area contributed by atoms with Crippen LogP contribution in [0.4, 0.5) is 15.0 Å². The van der Waals surface area contributed by atoms with Gasteiger partial charge in [-0.1, -0.05) is 17.7 Å². The van der Waals surface area contributed by atoms with Crippen molar-refractivity contribution in [2.45, 2.75) is 95.9 Å². The number of ether oxygens (including phenoxy) is 2. The fraction of sp³-hybridized carbons (Fsp3) is 0.556. The molecule has 0 aliphatic carbocycles. The molecule has 46 heavy (non-hydrogen) atoms. The van der Waals surface area contributed by atoms with Crippen LogP contribution in [0, 0.1) is 25.1 Å². The maximum Gasteiger partial charge on any atom is 0.410 e. The van der Waals surface area contributed by atoms with Crippen molar-refractivity contribution in [2.24, 2.45) is 0 Å². The van der Waals surface area contributed by atoms with Crippen LogP contribution in [-0.4, -0.2) is 86.9 Å². The molecule has 1 aromatic carbocycles. The van der Waals surface area contributed by atoms with E-state index in [9.17, 15) is 4.79 Å². The number of hydrogen-bond acceptors (Lipinski definition) is 8. The van der Waals surface area contributed by atoms with Gasteiger partial charge in [0.05, 0.1) is 23.0 Å². The molecule has 7 rings (SSSR count). The van der Waals surface area contributed by atoms with Crippen LogP contribution in [0.5, 0.6) is 6.01 Å². The molecule has 10 heteroatoms. The lowest BCUT2D eigenvalue weighted by atomic mass is 9.95. The Bertz CT molecular complexity index is 1690. The highest BCUT2D eigenvalue weighted by Crippen LogP contribution is 2.41. The normalized spacial score (nSPS) is 22.3. The highest BCUT2D eigenvalue weighted by Gasteiger charge is 2.46. The summed E-state index contributed by atoms with van der Waals surface area (Å²) in [6.07, 6.45) is 13.6. The maximum absolute atomic E-state index is 16.7. The molecule has 0 spiro atoms. The van der Waals surface area contributed by atoms with E-state index in [-0.39, 0.29) is 40.9 Å². The van der Waals surface area contributed by atoms with Crippen LogP contribution in [0.25, 0.3) is 22.2 Å². The highest BCUT2D eigenvalue weighted by atomic mass is 19.1. The molecule has 2 unspecified atom stereocenters. The number of carbonyl (C=O) groups is 1. The molecule has 1 amide bonds. The van der Waals surface area contributed by atoms with Gasteiger partial charge in [-0.15, -0.1) is 12.3 Å². The average molecular weight is 627 g/mol. The van der Waals surface area contributed by atoms with Crippen molar-refractivity contribution in [3.05, 3.63) is 41.3 Å². The van der Waals surface area contributed by atoms with Gasteiger partial charge in [0, 0.05) is 31.3 Å². The number of nitrogens with zero attached hydrogens (tertiary/aromatic N) is 6. The second kappa shape index (κ2) is 11.7. The minimum absolute atomic E-state index is 0.00965. The fourth-order valence-electron chi connectivity index (χ4n) is 8.04. The molecule has 0 radical (unpaired) electrons. The van der Waals surface area contributed by atoms with E-state index in [2.05, 4.69) is 20.7 Å². The predicted octanol–water partition coefficient (Wildman–Crippen LogP) is 5.91. The van der Waals surface area contributed by atoms with E-state index < -0.39 is 11.4 Å². The molecule has 4 saturated heterocycles. The van der Waals surface area contributed by atoms with Gasteiger partial charge in [-0.05, 0) is 90.9 Å². The molecule has 4 aliphatic rings. The third kappa shape index (κ3) is 5.53. The van der Waals surface area contributed by atoms with E-state index in [4.69, 9.17) is 25.9 Å². The quantitative estimate of drug-likeness (QED) is 0.313. The fourth-order valence-corrected chi connectivity index (χ4v) is 8.04. The van der Waals surface area contributed by atoms with Gasteiger partial charge in [0.1, 0.15) is 29.2 Å². The van der Waals surface area contributed by atoms with Crippen LogP contribution in [-0.2, 0) is 11.2 Å². The van der Waals surface area contributed by atoms with E-state index >= 15 is 4.39 Å². The predicted molar refractivity (Wildman–Crippen MR) is 175 cm³/mol. The van der Waals surface area contributed by atoms with Crippen LogP contribution in [0.3, 0.4) is 0 Å². The average Bonchev–Trinajstić information content (AvgIpc) is 3.67. The molecular formula is C36H43FN6O3. The monoisotopic (exact) mass is 626 g/mol. The van der Waals surface area contributed by atoms with Gasteiger partial charge in [-0.2, -0.15) is 9.97 Å². The number of aryl methyl sites for hydroxylation is 1. The topological polar surface area (TPSA) is 83.9 Å². The number of anilines is 1. The first kappa shape index (κ1) is 30.7. The zero-order valence-electron chi connectivity index (χ0n) is 27.3. The van der Waals surface area contributed by atoms with Crippen LogP contribution in [0.15, 0.2) is 24.4 Å². The number of amides is 1. The van der Waals surface area contributed by atoms with Gasteiger partial charge in [0.15, 0.2) is 5.82 Å². The summed E-state index contributed by atoms with van der Waals surface area (Å²) in [6, 6.07) is 5.92. The highest BCUT2D eigenvalue weighted by molar-refractivity contribution is 5.92. The summed E-state index contributed by atoms with van der Waals surface area (Å²) in [7, 11) is 0. The van der Waals surface area contributed by atoms with E-state index in [0.29, 0.717) is 42.9 Å². The van der Waals surface area contributed by atoms with Gasteiger partial charge in [0.25, 0.3) is 0 Å². The second-order valence-electron chi connectivity index (χ2n) is 14.4. The van der Waals surface area contributed by atoms with Gasteiger partial charge < -0.3 is 14.4 Å². The molecule has 2 atom stereocenters. The minimum atomic E-state index is -0.575. The molecule has 0 saturated carbocycles. The largest absolute Gasteiger partial charge is 0.461 e. The molecule has 2 aromatic heterocycles. The summed E-state index contributed by atoms with van der Waals surface area (Å²) in [6.45, 7) is 11.4. The molecule has 9 nitrogen and oxygen atoms in total. The van der Waals surface area contributed by atoms with Crippen LogP contribution in [0.1, 0.15) is 70.4 Å². The van der Waals surface area contributed by atoms with Crippen LogP contribution >= 0.6 is 0 Å². The number of aromatic nitrogens is 3. The van der Waals surface area contributed by atoms with Crippen molar-refractivity contribution in [3.63, 3.8) is 0 Å². The Hall–Kier alpha value is -3.97. The summed E-state index contributed by atoms with van der Waals surface area (Å²) in [4.78, 5) is 34.0. The molecule has 6 heterocycles. The number of halogens is 1. The Morgan fingerprint density at radius 3 is 2.52 bits per heavy atom. The first-order valence-electron chi connectivity index (χ1n) is 16.6. The SMILES string of the molecule is C#CCc1ccc(C)cc1-c1ncc2c(N3CC4CCC(C3)N4C(=O)OC(C)(C)C)nc(OCC34CCCN3CCC4)nc2c1F. The van der Waals surface area contributed by atoms with Crippen molar-refractivity contribution in [2.75, 3.05) is 37.7 Å². The van der Waals surface area contributed by atoms with Crippen LogP contribution < -0.4 is 9.64 Å². The lowest BCUT2D eigenvalue weighted by molar-refractivity contribution is 0.0122. The van der Waals surface area contributed by atoms with E-state index in [1.807, 2.05) is 50.8 Å². The lowest BCUT2D eigenvalue weighted by Gasteiger charge is -2.42. The molecule has 4 aliphatic heterocycles. The third-order valence-corrected chi connectivity index (χ3v) is 10.1. The summed E-state index contributed by atoms with van der Waals surface area (Å²) in [5.74, 6) is 2.75. The smallest absolute Gasteiger partial charge is 0.410 e. The number of carbonyl (C=O) groups excluding carboxylic acids is 1. The molecule has 242 valence electrons. The Kier molecular flexibility index (Phi) is 7.79. The number of hydrogen-bond donors (Lipinski definition) is 0. The Morgan fingerprint density at radius 2 is 1.85 bits per heavy atom. The first-order valence-corrected chi connectivity index (χ1v) is 16.6. The minimum Gasteiger partial charge on any atom is -0.461 e. The third-order valence-electron chi connectivity index (χ3n) is 10.1. The number of fused-ring (bicyclic) bond motifs is 4. The van der Waals surface area contributed by atoms with Crippen LogP contribution in [0.2, 0.25) is 0 Å².